The van der Waals surface area contributed by atoms with Crippen molar-refractivity contribution in [3.05, 3.63) is 21.1 Å². The molecule has 1 aromatic carbocycles. The number of phenolic OH excluding ortho intramolecular Hbond substituents is 1. The molecule has 0 aliphatic carbocycles. The zero-order chi connectivity index (χ0) is 10.0. The molecule has 6 heteroatoms. The van der Waals surface area contributed by atoms with E-state index in [1.807, 2.05) is 0 Å². The predicted molar refractivity (Wildman–Crippen MR) is 50.1 cm³/mol. The van der Waals surface area contributed by atoms with E-state index in [2.05, 4.69) is 36.6 Å². The summed E-state index contributed by atoms with van der Waals surface area (Å²) in [6, 6.07) is 3.00. The second kappa shape index (κ2) is 4.23. The quantitative estimate of drug-likeness (QED) is 0.904. The number of hydrogen-bond acceptors (Lipinski definition) is 2. The molecule has 0 bridgehead atoms. The lowest BCUT2D eigenvalue weighted by Gasteiger charge is -2.09. The maximum atomic E-state index is 11.8. The van der Waals surface area contributed by atoms with Gasteiger partial charge in [0.15, 0.2) is 11.5 Å². The molecule has 0 spiro atoms. The first-order valence-electron chi connectivity index (χ1n) is 3.14. The number of hydrogen-bond donors (Lipinski definition) is 1. The molecule has 0 fully saturated rings. The van der Waals surface area contributed by atoms with Crippen LogP contribution in [0.1, 0.15) is 0 Å². The minimum atomic E-state index is -2.96. The number of aromatic hydroxyl groups is 1. The van der Waals surface area contributed by atoms with Crippen LogP contribution in [0.5, 0.6) is 11.5 Å². The largest absolute Gasteiger partial charge is 0.503 e. The highest BCUT2D eigenvalue weighted by Gasteiger charge is 2.15. The van der Waals surface area contributed by atoms with Crippen LogP contribution in [0, 0.1) is 0 Å². The molecular weight excluding hydrogens is 314 g/mol. The molecule has 1 N–H and O–H groups in total. The van der Waals surface area contributed by atoms with Gasteiger partial charge in [-0.15, -0.1) is 0 Å². The minimum absolute atomic E-state index is 0.272. The third kappa shape index (κ3) is 2.54. The maximum absolute atomic E-state index is 11.8. The van der Waals surface area contributed by atoms with E-state index in [-0.39, 0.29) is 16.0 Å². The topological polar surface area (TPSA) is 29.5 Å². The van der Waals surface area contributed by atoms with Crippen LogP contribution in [-0.2, 0) is 0 Å². The highest BCUT2D eigenvalue weighted by molar-refractivity contribution is 9.11. The van der Waals surface area contributed by atoms with Crippen LogP contribution in [0.15, 0.2) is 21.1 Å². The van der Waals surface area contributed by atoms with Gasteiger partial charge in [-0.1, -0.05) is 0 Å². The van der Waals surface area contributed by atoms with Gasteiger partial charge in [0.1, 0.15) is 0 Å². The number of halogens is 4. The fraction of sp³-hybridized carbons (Fsp3) is 0.143. The van der Waals surface area contributed by atoms with E-state index in [1.54, 1.807) is 0 Å². The summed E-state index contributed by atoms with van der Waals surface area (Å²) < 4.78 is 28.4. The van der Waals surface area contributed by atoms with Crippen LogP contribution in [0.3, 0.4) is 0 Å². The average molecular weight is 318 g/mol. The number of rotatable bonds is 2. The molecule has 0 saturated carbocycles. The second-order valence-corrected chi connectivity index (χ2v) is 3.79. The lowest BCUT2D eigenvalue weighted by Crippen LogP contribution is -2.02. The Balaban J connectivity index is 3.10. The Morgan fingerprint density at radius 1 is 1.23 bits per heavy atom. The molecule has 0 amide bonds. The second-order valence-electron chi connectivity index (χ2n) is 2.09. The van der Waals surface area contributed by atoms with E-state index < -0.39 is 6.61 Å². The van der Waals surface area contributed by atoms with Gasteiger partial charge in [0.2, 0.25) is 0 Å². The molecule has 0 heterocycles. The molecule has 72 valence electrons. The third-order valence-electron chi connectivity index (χ3n) is 1.24. The first kappa shape index (κ1) is 10.7. The first-order valence-corrected chi connectivity index (χ1v) is 4.72. The molecule has 1 aromatic rings. The molecule has 2 nitrogen and oxygen atoms in total. The fourth-order valence-corrected chi connectivity index (χ4v) is 1.45. The average Bonchev–Trinajstić information content (AvgIpc) is 2.05. The first-order chi connectivity index (χ1) is 6.02. The summed E-state index contributed by atoms with van der Waals surface area (Å²) in [6.45, 7) is -2.96. The van der Waals surface area contributed by atoms with E-state index in [9.17, 15) is 13.9 Å². The SMILES string of the molecule is Oc1c(Br)ccc(Br)c1OC(F)F. The lowest BCUT2D eigenvalue weighted by molar-refractivity contribution is -0.0518. The van der Waals surface area contributed by atoms with E-state index in [0.717, 1.165) is 0 Å². The summed E-state index contributed by atoms with van der Waals surface area (Å²) in [5.74, 6) is -0.626. The van der Waals surface area contributed by atoms with Crippen molar-refractivity contribution < 1.29 is 18.6 Å². The van der Waals surface area contributed by atoms with Crippen LogP contribution < -0.4 is 4.74 Å². The Morgan fingerprint density at radius 2 is 1.77 bits per heavy atom. The summed E-state index contributed by atoms with van der Waals surface area (Å²) >= 11 is 5.94. The van der Waals surface area contributed by atoms with Crippen LogP contribution in [-0.4, -0.2) is 11.7 Å². The van der Waals surface area contributed by atoms with Crippen molar-refractivity contribution >= 4 is 31.9 Å². The molecule has 0 atom stereocenters. The number of alkyl halides is 2. The number of ether oxygens (including phenoxy) is 1. The Morgan fingerprint density at radius 3 is 2.31 bits per heavy atom. The van der Waals surface area contributed by atoms with Gasteiger partial charge in [0, 0.05) is 0 Å². The molecule has 13 heavy (non-hydrogen) atoms. The summed E-state index contributed by atoms with van der Waals surface area (Å²) in [5.41, 5.74) is 0. The normalized spacial score (nSPS) is 10.5. The van der Waals surface area contributed by atoms with E-state index in [4.69, 9.17) is 0 Å². The molecule has 0 unspecified atom stereocenters. The van der Waals surface area contributed by atoms with Gasteiger partial charge in [-0.2, -0.15) is 8.78 Å². The van der Waals surface area contributed by atoms with E-state index in [1.165, 1.54) is 12.1 Å². The summed E-state index contributed by atoms with van der Waals surface area (Å²) in [7, 11) is 0. The maximum Gasteiger partial charge on any atom is 0.387 e. The monoisotopic (exact) mass is 316 g/mol. The Bertz CT molecular complexity index is 318. The number of phenols is 1. The molecular formula is C7H4Br2F2O2. The van der Waals surface area contributed by atoms with Crippen molar-refractivity contribution in [2.75, 3.05) is 0 Å². The molecule has 0 radical (unpaired) electrons. The van der Waals surface area contributed by atoms with Crippen LogP contribution in [0.4, 0.5) is 8.78 Å². The third-order valence-corrected chi connectivity index (χ3v) is 2.51. The van der Waals surface area contributed by atoms with Gasteiger partial charge >= 0.3 is 6.61 Å². The zero-order valence-electron chi connectivity index (χ0n) is 6.10. The van der Waals surface area contributed by atoms with Crippen molar-refractivity contribution in [3.63, 3.8) is 0 Å². The summed E-state index contributed by atoms with van der Waals surface area (Å²) in [6.07, 6.45) is 0. The number of benzene rings is 1. The van der Waals surface area contributed by atoms with Gasteiger partial charge in [0.25, 0.3) is 0 Å². The van der Waals surface area contributed by atoms with Gasteiger partial charge in [-0.25, -0.2) is 0 Å². The molecule has 0 aliphatic heterocycles. The van der Waals surface area contributed by atoms with Gasteiger partial charge in [-0.05, 0) is 44.0 Å². The van der Waals surface area contributed by atoms with Crippen molar-refractivity contribution in [2.45, 2.75) is 6.61 Å². The summed E-state index contributed by atoms with van der Waals surface area (Å²) in [4.78, 5) is 0. The van der Waals surface area contributed by atoms with Crippen molar-refractivity contribution in [2.24, 2.45) is 0 Å². The van der Waals surface area contributed by atoms with Crippen LogP contribution in [0.25, 0.3) is 0 Å². The van der Waals surface area contributed by atoms with Crippen molar-refractivity contribution in [1.82, 2.24) is 0 Å². The van der Waals surface area contributed by atoms with Crippen LogP contribution >= 0.6 is 31.9 Å². The Kier molecular flexibility index (Phi) is 3.49. The standard InChI is InChI=1S/C7H4Br2F2O2/c8-3-1-2-4(9)6(5(3)12)13-7(10)11/h1-2,7,12H. The lowest BCUT2D eigenvalue weighted by atomic mass is 10.3. The molecule has 0 aliphatic rings. The smallest absolute Gasteiger partial charge is 0.387 e. The molecule has 1 rings (SSSR count). The summed E-state index contributed by atoms with van der Waals surface area (Å²) in [5, 5.41) is 9.29. The van der Waals surface area contributed by atoms with Crippen LogP contribution in [0.2, 0.25) is 0 Å². The fourth-order valence-electron chi connectivity index (χ4n) is 0.724. The molecule has 0 saturated heterocycles. The van der Waals surface area contributed by atoms with E-state index in [0.29, 0.717) is 4.47 Å². The Labute approximate surface area is 89.8 Å². The minimum Gasteiger partial charge on any atom is -0.503 e. The highest BCUT2D eigenvalue weighted by Crippen LogP contribution is 2.40. The highest BCUT2D eigenvalue weighted by atomic mass is 79.9. The molecule has 0 aromatic heterocycles. The van der Waals surface area contributed by atoms with Crippen molar-refractivity contribution in [1.29, 1.82) is 0 Å². The van der Waals surface area contributed by atoms with Gasteiger partial charge in [0.05, 0.1) is 8.95 Å². The zero-order valence-corrected chi connectivity index (χ0v) is 9.27. The van der Waals surface area contributed by atoms with Gasteiger partial charge < -0.3 is 9.84 Å². The van der Waals surface area contributed by atoms with Crippen molar-refractivity contribution in [3.8, 4) is 11.5 Å². The van der Waals surface area contributed by atoms with Gasteiger partial charge in [-0.3, -0.25) is 0 Å². The Hall–Kier alpha value is -0.360. The van der Waals surface area contributed by atoms with E-state index >= 15 is 0 Å². The predicted octanol–water partition coefficient (Wildman–Crippen LogP) is 3.52.